The number of methoxy groups -OCH3 is 1. The van der Waals surface area contributed by atoms with Crippen molar-refractivity contribution in [1.82, 2.24) is 0 Å². The zero-order chi connectivity index (χ0) is 10.0. The summed E-state index contributed by atoms with van der Waals surface area (Å²) in [5.74, 6) is -0.481. The van der Waals surface area contributed by atoms with E-state index in [1.165, 1.54) is 19.2 Å². The van der Waals surface area contributed by atoms with Gasteiger partial charge in [0.05, 0.1) is 12.7 Å². The molecule has 0 aliphatic heterocycles. The van der Waals surface area contributed by atoms with Crippen LogP contribution in [0.1, 0.15) is 16.1 Å². The Hall–Kier alpha value is -1.29. The van der Waals surface area contributed by atoms with E-state index < -0.39 is 5.97 Å². The molecule has 0 bridgehead atoms. The molecule has 5 heteroatoms. The molecule has 70 valence electrons. The Balaban J connectivity index is 3.20. The molecule has 0 saturated carbocycles. The fourth-order valence-electron chi connectivity index (χ4n) is 0.921. The number of carbonyl (C=O) groups excluding carboxylic acids is 1. The predicted octanol–water partition coefficient (Wildman–Crippen LogP) is 0.960. The number of nitrogens with zero attached hydrogens (tertiary/aromatic N) is 1. The molecule has 0 atom stereocenters. The van der Waals surface area contributed by atoms with E-state index >= 15 is 0 Å². The van der Waals surface area contributed by atoms with Crippen molar-refractivity contribution in [3.05, 3.63) is 28.5 Å². The van der Waals surface area contributed by atoms with Crippen LogP contribution in [0.5, 0.6) is 0 Å². The highest BCUT2D eigenvalue weighted by molar-refractivity contribution is 6.28. The number of ether oxygens (including phenoxy) is 1. The molecule has 0 aliphatic carbocycles. The van der Waals surface area contributed by atoms with Gasteiger partial charge in [0.1, 0.15) is 0 Å². The van der Waals surface area contributed by atoms with Gasteiger partial charge >= 0.3 is 11.1 Å². The Morgan fingerprint density at radius 2 is 2.23 bits per heavy atom. The van der Waals surface area contributed by atoms with Crippen LogP contribution in [0, 0.1) is 6.92 Å². The van der Waals surface area contributed by atoms with E-state index in [1.807, 2.05) is 0 Å². The lowest BCUT2D eigenvalue weighted by Gasteiger charge is -1.98. The molecule has 4 nitrogen and oxygen atoms in total. The molecule has 0 unspecified atom stereocenters. The van der Waals surface area contributed by atoms with Crippen LogP contribution in [0.25, 0.3) is 0 Å². The van der Waals surface area contributed by atoms with E-state index in [0.717, 1.165) is 4.73 Å². The molecule has 1 rings (SSSR count). The highest BCUT2D eigenvalue weighted by Crippen LogP contribution is 2.08. The number of aryl methyl sites for hydroxylation is 1. The first-order chi connectivity index (χ1) is 6.06. The fourth-order valence-corrected chi connectivity index (χ4v) is 1.17. The molecule has 0 amide bonds. The van der Waals surface area contributed by atoms with Crippen LogP contribution >= 0.6 is 11.6 Å². The van der Waals surface area contributed by atoms with Crippen molar-refractivity contribution in [3.8, 4) is 0 Å². The van der Waals surface area contributed by atoms with Crippen molar-refractivity contribution >= 4 is 17.6 Å². The Morgan fingerprint density at radius 1 is 1.62 bits per heavy atom. The van der Waals surface area contributed by atoms with Crippen molar-refractivity contribution in [1.29, 1.82) is 0 Å². The van der Waals surface area contributed by atoms with Gasteiger partial charge in [-0.2, -0.15) is 0 Å². The van der Waals surface area contributed by atoms with E-state index in [9.17, 15) is 10.0 Å². The van der Waals surface area contributed by atoms with Gasteiger partial charge < -0.3 is 4.74 Å². The summed E-state index contributed by atoms with van der Waals surface area (Å²) in [6, 6.07) is 2.82. The number of pyridine rings is 1. The molecule has 0 radical (unpaired) electrons. The lowest BCUT2D eigenvalue weighted by Crippen LogP contribution is -2.35. The first-order valence-corrected chi connectivity index (χ1v) is 3.94. The maximum Gasteiger partial charge on any atom is 0.338 e. The number of esters is 1. The molecule has 0 aliphatic rings. The molecular formula is C8H9ClNO3+. The van der Waals surface area contributed by atoms with Crippen LogP contribution in [0.3, 0.4) is 0 Å². The zero-order valence-electron chi connectivity index (χ0n) is 7.24. The molecule has 1 aromatic heterocycles. The third-order valence-corrected chi connectivity index (χ3v) is 1.87. The minimum Gasteiger partial charge on any atom is -0.465 e. The molecular weight excluding hydrogens is 194 g/mol. The van der Waals surface area contributed by atoms with Crippen LogP contribution in [0.15, 0.2) is 12.1 Å². The maximum atomic E-state index is 11.1. The average molecular weight is 203 g/mol. The van der Waals surface area contributed by atoms with Gasteiger partial charge in [-0.25, -0.2) is 4.79 Å². The van der Waals surface area contributed by atoms with Crippen LogP contribution in [0.4, 0.5) is 0 Å². The molecule has 0 spiro atoms. The normalized spacial score (nSPS) is 9.77. The van der Waals surface area contributed by atoms with Gasteiger partial charge in [-0.1, -0.05) is 0 Å². The Morgan fingerprint density at radius 3 is 2.69 bits per heavy atom. The van der Waals surface area contributed by atoms with Gasteiger partial charge in [0.15, 0.2) is 0 Å². The molecule has 1 aromatic rings. The van der Waals surface area contributed by atoms with E-state index in [-0.39, 0.29) is 5.15 Å². The topological polar surface area (TPSA) is 50.4 Å². The van der Waals surface area contributed by atoms with Gasteiger partial charge in [0.25, 0.3) is 0 Å². The van der Waals surface area contributed by atoms with Gasteiger partial charge in [-0.15, -0.1) is 0 Å². The highest BCUT2D eigenvalue weighted by atomic mass is 35.5. The maximum absolute atomic E-state index is 11.1. The monoisotopic (exact) mass is 202 g/mol. The number of halogens is 1. The van der Waals surface area contributed by atoms with E-state index in [1.54, 1.807) is 6.92 Å². The summed E-state index contributed by atoms with van der Waals surface area (Å²) < 4.78 is 5.28. The van der Waals surface area contributed by atoms with Crippen LogP contribution < -0.4 is 4.73 Å². The molecule has 1 heterocycles. The zero-order valence-corrected chi connectivity index (χ0v) is 8.00. The first-order valence-electron chi connectivity index (χ1n) is 3.56. The molecule has 0 aromatic carbocycles. The third-order valence-electron chi connectivity index (χ3n) is 1.60. The third kappa shape index (κ3) is 1.89. The Kier molecular flexibility index (Phi) is 2.72. The number of rotatable bonds is 1. The number of hydrogen-bond acceptors (Lipinski definition) is 3. The largest absolute Gasteiger partial charge is 0.465 e. The predicted molar refractivity (Wildman–Crippen MR) is 44.9 cm³/mol. The number of aromatic nitrogens is 1. The molecule has 0 fully saturated rings. The van der Waals surface area contributed by atoms with Crippen LogP contribution in [0.2, 0.25) is 5.15 Å². The fraction of sp³-hybridized carbons (Fsp3) is 0.250. The van der Waals surface area contributed by atoms with Gasteiger partial charge in [0.2, 0.25) is 5.69 Å². The average Bonchev–Trinajstić information content (AvgIpc) is 2.12. The molecule has 1 N–H and O–H groups in total. The summed E-state index contributed by atoms with van der Waals surface area (Å²) in [5, 5.41) is 9.29. The van der Waals surface area contributed by atoms with E-state index in [2.05, 4.69) is 4.74 Å². The second-order valence-corrected chi connectivity index (χ2v) is 2.90. The van der Waals surface area contributed by atoms with E-state index in [4.69, 9.17) is 11.6 Å². The van der Waals surface area contributed by atoms with Gasteiger partial charge in [0, 0.05) is 23.8 Å². The summed E-state index contributed by atoms with van der Waals surface area (Å²) >= 11 is 5.63. The van der Waals surface area contributed by atoms with E-state index in [0.29, 0.717) is 11.3 Å². The summed E-state index contributed by atoms with van der Waals surface area (Å²) in [7, 11) is 1.28. The lowest BCUT2D eigenvalue weighted by atomic mass is 10.2. The quantitative estimate of drug-likeness (QED) is 0.319. The molecule has 13 heavy (non-hydrogen) atoms. The minimum absolute atomic E-state index is 0.0698. The smallest absolute Gasteiger partial charge is 0.338 e. The summed E-state index contributed by atoms with van der Waals surface area (Å²) in [6.07, 6.45) is 0. The van der Waals surface area contributed by atoms with Gasteiger partial charge in [-0.05, 0) is 11.6 Å². The lowest BCUT2D eigenvalue weighted by molar-refractivity contribution is -0.907. The summed E-state index contributed by atoms with van der Waals surface area (Å²) in [4.78, 5) is 11.1. The number of hydrogen-bond donors (Lipinski definition) is 1. The minimum atomic E-state index is -0.481. The second-order valence-electron chi connectivity index (χ2n) is 2.51. The van der Waals surface area contributed by atoms with Gasteiger partial charge in [-0.3, -0.25) is 5.21 Å². The standard InChI is InChI=1S/C8H9ClNO3/c1-5-3-6(8(11)13-2)4-7(9)10(5)12/h3-4,12H,1-2H3/q+1. The highest BCUT2D eigenvalue weighted by Gasteiger charge is 2.17. The van der Waals surface area contributed by atoms with Crippen molar-refractivity contribution in [2.24, 2.45) is 0 Å². The SMILES string of the molecule is COC(=O)c1cc(C)[n+](O)c(Cl)c1. The van der Waals surface area contributed by atoms with Crippen molar-refractivity contribution in [2.75, 3.05) is 7.11 Å². The number of carbonyl (C=O) groups is 1. The van der Waals surface area contributed by atoms with Crippen molar-refractivity contribution in [3.63, 3.8) is 0 Å². The van der Waals surface area contributed by atoms with Crippen LogP contribution in [-0.4, -0.2) is 18.3 Å². The van der Waals surface area contributed by atoms with Crippen molar-refractivity contribution in [2.45, 2.75) is 6.92 Å². The Bertz CT molecular complexity index is 328. The summed E-state index contributed by atoms with van der Waals surface area (Å²) in [6.45, 7) is 1.62. The molecule has 0 saturated heterocycles. The van der Waals surface area contributed by atoms with Crippen molar-refractivity contribution < 1.29 is 19.5 Å². The Labute approximate surface area is 80.3 Å². The van der Waals surface area contributed by atoms with Crippen LogP contribution in [-0.2, 0) is 4.74 Å². The second kappa shape index (κ2) is 3.62. The summed E-state index contributed by atoms with van der Waals surface area (Å²) in [5.41, 5.74) is 0.781. The first kappa shape index (κ1) is 9.80.